The van der Waals surface area contributed by atoms with E-state index in [2.05, 4.69) is 24.8 Å². The Morgan fingerprint density at radius 1 is 1.32 bits per heavy atom. The summed E-state index contributed by atoms with van der Waals surface area (Å²) in [7, 11) is 0. The third-order valence-corrected chi connectivity index (χ3v) is 3.80. The predicted molar refractivity (Wildman–Crippen MR) is 79.3 cm³/mol. The van der Waals surface area contributed by atoms with Crippen molar-refractivity contribution in [2.24, 2.45) is 5.92 Å². The first kappa shape index (κ1) is 16.2. The first-order valence-corrected chi connectivity index (χ1v) is 7.70. The van der Waals surface area contributed by atoms with Gasteiger partial charge in [-0.2, -0.15) is 0 Å². The van der Waals surface area contributed by atoms with E-state index in [-0.39, 0.29) is 6.42 Å². The van der Waals surface area contributed by atoms with Gasteiger partial charge in [0.1, 0.15) is 0 Å². The summed E-state index contributed by atoms with van der Waals surface area (Å²) in [6.45, 7) is 7.18. The Morgan fingerprint density at radius 2 is 2.11 bits per heavy atom. The minimum absolute atomic E-state index is 0.261. The fraction of sp³-hybridized carbons (Fsp3) is 0.812. The molecule has 0 unspecified atom stereocenters. The van der Waals surface area contributed by atoms with Gasteiger partial charge >= 0.3 is 5.97 Å². The van der Waals surface area contributed by atoms with Crippen molar-refractivity contribution >= 4 is 5.97 Å². The standard InChI is InChI=1S/C16H29NO2/c1-14(2)8-11-17(13-10-16(18)19)12-9-15-6-4-3-5-7-15/h6,14H,3-5,7-13H2,1-2H3,(H,18,19). The van der Waals surface area contributed by atoms with Gasteiger partial charge in [0.15, 0.2) is 0 Å². The summed E-state index contributed by atoms with van der Waals surface area (Å²) >= 11 is 0. The molecular formula is C16H29NO2. The number of aliphatic carboxylic acids is 1. The molecule has 0 atom stereocenters. The molecule has 0 radical (unpaired) electrons. The lowest BCUT2D eigenvalue weighted by atomic mass is 9.97. The summed E-state index contributed by atoms with van der Waals surface area (Å²) in [4.78, 5) is 13.0. The Morgan fingerprint density at radius 3 is 2.68 bits per heavy atom. The second kappa shape index (κ2) is 9.13. The lowest BCUT2D eigenvalue weighted by Crippen LogP contribution is -2.29. The number of carboxylic acid groups (broad SMARTS) is 1. The van der Waals surface area contributed by atoms with Gasteiger partial charge in [0.25, 0.3) is 0 Å². The maximum Gasteiger partial charge on any atom is 0.304 e. The molecule has 0 fully saturated rings. The predicted octanol–water partition coefficient (Wildman–Crippen LogP) is 3.70. The lowest BCUT2D eigenvalue weighted by molar-refractivity contribution is -0.137. The molecule has 0 saturated carbocycles. The van der Waals surface area contributed by atoms with E-state index in [0.717, 1.165) is 25.9 Å². The topological polar surface area (TPSA) is 40.5 Å². The van der Waals surface area contributed by atoms with Gasteiger partial charge in [-0.1, -0.05) is 25.5 Å². The van der Waals surface area contributed by atoms with Crippen LogP contribution in [0, 0.1) is 5.92 Å². The van der Waals surface area contributed by atoms with Gasteiger partial charge in [-0.05, 0) is 51.0 Å². The van der Waals surface area contributed by atoms with Gasteiger partial charge in [-0.3, -0.25) is 4.79 Å². The fourth-order valence-corrected chi connectivity index (χ4v) is 2.46. The van der Waals surface area contributed by atoms with Crippen molar-refractivity contribution in [3.63, 3.8) is 0 Å². The lowest BCUT2D eigenvalue weighted by Gasteiger charge is -2.24. The van der Waals surface area contributed by atoms with Crippen LogP contribution in [0.1, 0.15) is 58.8 Å². The minimum atomic E-state index is -0.688. The summed E-state index contributed by atoms with van der Waals surface area (Å²) in [6.07, 6.45) is 10.1. The van der Waals surface area contributed by atoms with Crippen LogP contribution >= 0.6 is 0 Å². The largest absolute Gasteiger partial charge is 0.481 e. The van der Waals surface area contributed by atoms with Crippen LogP contribution in [0.15, 0.2) is 11.6 Å². The van der Waals surface area contributed by atoms with Crippen LogP contribution in [0.4, 0.5) is 0 Å². The number of hydrogen-bond donors (Lipinski definition) is 1. The zero-order chi connectivity index (χ0) is 14.1. The van der Waals surface area contributed by atoms with Crippen LogP contribution in [-0.2, 0) is 4.79 Å². The van der Waals surface area contributed by atoms with Crippen molar-refractivity contribution in [1.82, 2.24) is 4.90 Å². The molecule has 3 heteroatoms. The van der Waals surface area contributed by atoms with Crippen molar-refractivity contribution < 1.29 is 9.90 Å². The zero-order valence-corrected chi connectivity index (χ0v) is 12.5. The molecule has 110 valence electrons. The van der Waals surface area contributed by atoms with Crippen LogP contribution in [0.5, 0.6) is 0 Å². The summed E-state index contributed by atoms with van der Waals surface area (Å²) in [6, 6.07) is 0. The SMILES string of the molecule is CC(C)CCN(CCC(=O)O)CCC1=CCCCC1. The molecule has 0 aliphatic heterocycles. The van der Waals surface area contributed by atoms with Gasteiger partial charge < -0.3 is 10.0 Å². The molecule has 0 bridgehead atoms. The molecule has 0 heterocycles. The Hall–Kier alpha value is -0.830. The molecule has 1 N–H and O–H groups in total. The van der Waals surface area contributed by atoms with E-state index < -0.39 is 5.97 Å². The van der Waals surface area contributed by atoms with Crippen LogP contribution in [-0.4, -0.2) is 35.6 Å². The normalized spacial score (nSPS) is 15.9. The minimum Gasteiger partial charge on any atom is -0.481 e. The van der Waals surface area contributed by atoms with Crippen LogP contribution in [0.25, 0.3) is 0 Å². The second-order valence-electron chi connectivity index (χ2n) is 6.03. The Kier molecular flexibility index (Phi) is 7.80. The van der Waals surface area contributed by atoms with E-state index in [4.69, 9.17) is 5.11 Å². The fourth-order valence-electron chi connectivity index (χ4n) is 2.46. The molecule has 0 aromatic rings. The van der Waals surface area contributed by atoms with Crippen molar-refractivity contribution in [2.75, 3.05) is 19.6 Å². The van der Waals surface area contributed by atoms with Crippen LogP contribution < -0.4 is 0 Å². The monoisotopic (exact) mass is 267 g/mol. The quantitative estimate of drug-likeness (QED) is 0.648. The van der Waals surface area contributed by atoms with E-state index >= 15 is 0 Å². The Balaban J connectivity index is 2.33. The van der Waals surface area contributed by atoms with E-state index in [1.54, 1.807) is 5.57 Å². The number of allylic oxidation sites excluding steroid dienone is 1. The zero-order valence-electron chi connectivity index (χ0n) is 12.5. The van der Waals surface area contributed by atoms with Gasteiger partial charge in [0.05, 0.1) is 6.42 Å². The van der Waals surface area contributed by atoms with Crippen molar-refractivity contribution in [3.05, 3.63) is 11.6 Å². The van der Waals surface area contributed by atoms with Crippen molar-refractivity contribution in [2.45, 2.75) is 58.8 Å². The number of nitrogens with zero attached hydrogens (tertiary/aromatic N) is 1. The molecule has 0 aromatic carbocycles. The van der Waals surface area contributed by atoms with E-state index in [1.165, 1.54) is 25.7 Å². The summed E-state index contributed by atoms with van der Waals surface area (Å²) in [5.74, 6) is -0.00680. The van der Waals surface area contributed by atoms with Crippen molar-refractivity contribution in [3.8, 4) is 0 Å². The van der Waals surface area contributed by atoms with E-state index in [1.807, 2.05) is 0 Å². The van der Waals surface area contributed by atoms with Gasteiger partial charge in [0, 0.05) is 13.1 Å². The first-order valence-electron chi connectivity index (χ1n) is 7.70. The average molecular weight is 267 g/mol. The highest BCUT2D eigenvalue weighted by molar-refractivity contribution is 5.66. The molecule has 19 heavy (non-hydrogen) atoms. The number of rotatable bonds is 9. The van der Waals surface area contributed by atoms with Gasteiger partial charge in [-0.15, -0.1) is 0 Å². The maximum atomic E-state index is 10.7. The molecule has 1 rings (SSSR count). The molecule has 0 spiro atoms. The molecule has 1 aliphatic carbocycles. The van der Waals surface area contributed by atoms with E-state index in [9.17, 15) is 4.79 Å². The Bertz CT molecular complexity index is 297. The highest BCUT2D eigenvalue weighted by Gasteiger charge is 2.10. The smallest absolute Gasteiger partial charge is 0.304 e. The average Bonchev–Trinajstić information content (AvgIpc) is 2.38. The van der Waals surface area contributed by atoms with Crippen LogP contribution in [0.2, 0.25) is 0 Å². The molecule has 1 aliphatic rings. The summed E-state index contributed by atoms with van der Waals surface area (Å²) < 4.78 is 0. The number of carboxylic acids is 1. The third kappa shape index (κ3) is 8.04. The maximum absolute atomic E-state index is 10.7. The first-order chi connectivity index (χ1) is 9.08. The van der Waals surface area contributed by atoms with Gasteiger partial charge in [0.2, 0.25) is 0 Å². The number of hydrogen-bond acceptors (Lipinski definition) is 2. The summed E-state index contributed by atoms with van der Waals surface area (Å²) in [5.41, 5.74) is 1.58. The Labute approximate surface area is 117 Å². The third-order valence-electron chi connectivity index (χ3n) is 3.80. The van der Waals surface area contributed by atoms with Crippen molar-refractivity contribution in [1.29, 1.82) is 0 Å². The molecule has 0 saturated heterocycles. The highest BCUT2D eigenvalue weighted by Crippen LogP contribution is 2.20. The molecule has 3 nitrogen and oxygen atoms in total. The molecule has 0 aromatic heterocycles. The summed E-state index contributed by atoms with van der Waals surface area (Å²) in [5, 5.41) is 8.82. The number of carbonyl (C=O) groups is 1. The highest BCUT2D eigenvalue weighted by atomic mass is 16.4. The molecular weight excluding hydrogens is 238 g/mol. The second-order valence-corrected chi connectivity index (χ2v) is 6.03. The molecule has 0 amide bonds. The van der Waals surface area contributed by atoms with Crippen LogP contribution in [0.3, 0.4) is 0 Å². The van der Waals surface area contributed by atoms with Gasteiger partial charge in [-0.25, -0.2) is 0 Å². The van der Waals surface area contributed by atoms with E-state index in [0.29, 0.717) is 12.5 Å².